The van der Waals surface area contributed by atoms with Gasteiger partial charge in [-0.25, -0.2) is 4.79 Å². The summed E-state index contributed by atoms with van der Waals surface area (Å²) in [5, 5.41) is 12.7. The van der Waals surface area contributed by atoms with Crippen molar-refractivity contribution in [1.82, 2.24) is 4.90 Å². The molecular weight excluding hydrogens is 356 g/mol. The number of rotatable bonds is 5. The predicted molar refractivity (Wildman–Crippen MR) is 98.8 cm³/mol. The summed E-state index contributed by atoms with van der Waals surface area (Å²) < 4.78 is 10.4. The monoisotopic (exact) mass is 376 g/mol. The number of likely N-dealkylation sites (N-methyl/N-ethyl adjacent to an activating group) is 1. The van der Waals surface area contributed by atoms with E-state index in [1.165, 1.54) is 25.6 Å². The third kappa shape index (κ3) is 3.38. The van der Waals surface area contributed by atoms with E-state index in [2.05, 4.69) is 10.2 Å². The van der Waals surface area contributed by atoms with Crippen LogP contribution in [0.25, 0.3) is 0 Å². The Morgan fingerprint density at radius 1 is 1.23 bits per heavy atom. The fraction of sp³-hybridized carbons (Fsp3) is 0.333. The number of nitrogens with zero attached hydrogens (tertiary/aromatic N) is 1. The molecule has 0 saturated heterocycles. The van der Waals surface area contributed by atoms with Gasteiger partial charge in [0, 0.05) is 23.5 Å². The molecule has 0 saturated carbocycles. The minimum absolute atomic E-state index is 0.201. The highest BCUT2D eigenvalue weighted by molar-refractivity contribution is 7.17. The van der Waals surface area contributed by atoms with Gasteiger partial charge in [0.25, 0.3) is 5.91 Å². The van der Waals surface area contributed by atoms with Gasteiger partial charge in [0.05, 0.1) is 19.8 Å². The first kappa shape index (κ1) is 18.2. The highest BCUT2D eigenvalue weighted by atomic mass is 32.1. The van der Waals surface area contributed by atoms with Crippen LogP contribution in [-0.2, 0) is 13.0 Å². The Morgan fingerprint density at radius 3 is 2.62 bits per heavy atom. The molecule has 2 N–H and O–H groups in total. The molecule has 7 nitrogen and oxygen atoms in total. The molecule has 0 aliphatic carbocycles. The van der Waals surface area contributed by atoms with Crippen molar-refractivity contribution in [3.8, 4) is 11.5 Å². The number of hydrogen-bond donors (Lipinski definition) is 2. The molecule has 0 spiro atoms. The lowest BCUT2D eigenvalue weighted by Crippen LogP contribution is -2.26. The van der Waals surface area contributed by atoms with E-state index in [1.54, 1.807) is 18.2 Å². The summed E-state index contributed by atoms with van der Waals surface area (Å²) in [6.45, 7) is 1.49. The van der Waals surface area contributed by atoms with Gasteiger partial charge in [-0.15, -0.1) is 11.3 Å². The number of hydrogen-bond acceptors (Lipinski definition) is 6. The molecule has 0 radical (unpaired) electrons. The summed E-state index contributed by atoms with van der Waals surface area (Å²) in [6, 6.07) is 4.81. The summed E-state index contributed by atoms with van der Waals surface area (Å²) in [6.07, 6.45) is 0.663. The van der Waals surface area contributed by atoms with Crippen LogP contribution in [0.1, 0.15) is 31.2 Å². The summed E-state index contributed by atoms with van der Waals surface area (Å²) in [5.41, 5.74) is 1.39. The van der Waals surface area contributed by atoms with Crippen LogP contribution in [0.3, 0.4) is 0 Å². The lowest BCUT2D eigenvalue weighted by atomic mass is 10.0. The number of ether oxygens (including phenoxy) is 2. The predicted octanol–water partition coefficient (Wildman–Crippen LogP) is 2.70. The van der Waals surface area contributed by atoms with Gasteiger partial charge in [0.1, 0.15) is 5.00 Å². The lowest BCUT2D eigenvalue weighted by molar-refractivity contribution is 0.0696. The average Bonchev–Trinajstić information content (AvgIpc) is 2.97. The van der Waals surface area contributed by atoms with Crippen LogP contribution in [0.4, 0.5) is 5.00 Å². The Kier molecular flexibility index (Phi) is 5.15. The molecule has 1 aromatic heterocycles. The summed E-state index contributed by atoms with van der Waals surface area (Å²) >= 11 is 1.32. The SMILES string of the molecule is COc1ccc(C(=O)Nc2sc3c(c2C(=O)O)CCN(C)C3)cc1OC. The lowest BCUT2D eigenvalue weighted by Gasteiger charge is -2.22. The maximum absolute atomic E-state index is 12.6. The Bertz CT molecular complexity index is 862. The van der Waals surface area contributed by atoms with E-state index in [0.717, 1.165) is 17.0 Å². The third-order valence-corrected chi connectivity index (χ3v) is 5.47. The molecule has 8 heteroatoms. The number of fused-ring (bicyclic) bond motifs is 1. The number of thiophene rings is 1. The molecule has 2 aromatic rings. The zero-order valence-corrected chi connectivity index (χ0v) is 15.6. The number of carboxylic acids is 1. The Hall–Kier alpha value is -2.58. The fourth-order valence-electron chi connectivity index (χ4n) is 3.00. The van der Waals surface area contributed by atoms with E-state index in [1.807, 2.05) is 7.05 Å². The summed E-state index contributed by atoms with van der Waals surface area (Å²) in [4.78, 5) is 27.5. The van der Waals surface area contributed by atoms with Crippen LogP contribution in [0.5, 0.6) is 11.5 Å². The molecule has 0 bridgehead atoms. The molecule has 1 amide bonds. The molecule has 2 heterocycles. The number of carboxylic acid groups (broad SMARTS) is 1. The van der Waals surface area contributed by atoms with Crippen molar-refractivity contribution >= 4 is 28.2 Å². The zero-order valence-electron chi connectivity index (χ0n) is 14.8. The minimum atomic E-state index is -1.02. The Morgan fingerprint density at radius 2 is 1.96 bits per heavy atom. The van der Waals surface area contributed by atoms with Crippen molar-refractivity contribution in [2.45, 2.75) is 13.0 Å². The van der Waals surface area contributed by atoms with Crippen molar-refractivity contribution in [2.75, 3.05) is 33.1 Å². The van der Waals surface area contributed by atoms with Crippen LogP contribution in [-0.4, -0.2) is 49.7 Å². The molecule has 138 valence electrons. The highest BCUT2D eigenvalue weighted by Gasteiger charge is 2.27. The minimum Gasteiger partial charge on any atom is -0.493 e. The molecule has 3 rings (SSSR count). The van der Waals surface area contributed by atoms with E-state index in [9.17, 15) is 14.7 Å². The van der Waals surface area contributed by atoms with Crippen molar-refractivity contribution in [1.29, 1.82) is 0 Å². The van der Waals surface area contributed by atoms with Gasteiger partial charge in [-0.2, -0.15) is 0 Å². The Labute approximate surface area is 155 Å². The van der Waals surface area contributed by atoms with E-state index < -0.39 is 5.97 Å². The maximum atomic E-state index is 12.6. The largest absolute Gasteiger partial charge is 0.493 e. The summed E-state index contributed by atoms with van der Waals surface area (Å²) in [5.74, 6) is -0.453. The van der Waals surface area contributed by atoms with Crippen LogP contribution in [0.2, 0.25) is 0 Å². The molecular formula is C18H20N2O5S. The number of carbonyl (C=O) groups excluding carboxylic acids is 1. The van der Waals surface area contributed by atoms with Crippen LogP contribution in [0.15, 0.2) is 18.2 Å². The molecule has 26 heavy (non-hydrogen) atoms. The fourth-order valence-corrected chi connectivity index (χ4v) is 4.31. The van der Waals surface area contributed by atoms with Gasteiger partial charge in [0.15, 0.2) is 11.5 Å². The first-order valence-electron chi connectivity index (χ1n) is 8.04. The van der Waals surface area contributed by atoms with E-state index in [-0.39, 0.29) is 11.5 Å². The van der Waals surface area contributed by atoms with E-state index in [4.69, 9.17) is 9.47 Å². The van der Waals surface area contributed by atoms with Gasteiger partial charge in [-0.3, -0.25) is 4.79 Å². The number of methoxy groups -OCH3 is 2. The number of aromatic carboxylic acids is 1. The quantitative estimate of drug-likeness (QED) is 0.834. The molecule has 0 atom stereocenters. The normalized spacial score (nSPS) is 13.8. The third-order valence-electron chi connectivity index (χ3n) is 4.33. The van der Waals surface area contributed by atoms with Crippen molar-refractivity contribution in [2.24, 2.45) is 0 Å². The number of nitrogens with one attached hydrogen (secondary N) is 1. The topological polar surface area (TPSA) is 88.1 Å². The van der Waals surface area contributed by atoms with Gasteiger partial charge in [-0.1, -0.05) is 0 Å². The standard InChI is InChI=1S/C18H20N2O5S/c1-20-7-6-11-14(9-20)26-17(15(11)18(22)23)19-16(21)10-4-5-12(24-2)13(8-10)25-3/h4-5,8H,6-7,9H2,1-3H3,(H,19,21)(H,22,23). The second-order valence-electron chi connectivity index (χ2n) is 6.02. The maximum Gasteiger partial charge on any atom is 0.339 e. The second kappa shape index (κ2) is 7.35. The van der Waals surface area contributed by atoms with Gasteiger partial charge in [0.2, 0.25) is 0 Å². The number of anilines is 1. The zero-order chi connectivity index (χ0) is 18.8. The van der Waals surface area contributed by atoms with E-state index >= 15 is 0 Å². The molecule has 1 aromatic carbocycles. The molecule has 1 aliphatic heterocycles. The number of carbonyl (C=O) groups is 2. The van der Waals surface area contributed by atoms with Crippen LogP contribution < -0.4 is 14.8 Å². The number of benzene rings is 1. The first-order chi connectivity index (χ1) is 12.4. The Balaban J connectivity index is 1.91. The van der Waals surface area contributed by atoms with Crippen molar-refractivity contribution < 1.29 is 24.2 Å². The summed E-state index contributed by atoms with van der Waals surface area (Å²) in [7, 11) is 5.00. The van der Waals surface area contributed by atoms with Gasteiger partial charge in [-0.05, 0) is 37.2 Å². The van der Waals surface area contributed by atoms with Crippen LogP contribution in [0, 0.1) is 0 Å². The van der Waals surface area contributed by atoms with Crippen LogP contribution >= 0.6 is 11.3 Å². The van der Waals surface area contributed by atoms with Gasteiger partial charge >= 0.3 is 5.97 Å². The molecule has 0 unspecified atom stereocenters. The first-order valence-corrected chi connectivity index (χ1v) is 8.86. The van der Waals surface area contributed by atoms with Crippen molar-refractivity contribution in [3.63, 3.8) is 0 Å². The van der Waals surface area contributed by atoms with Gasteiger partial charge < -0.3 is 24.8 Å². The smallest absolute Gasteiger partial charge is 0.339 e. The average molecular weight is 376 g/mol. The molecule has 0 fully saturated rings. The second-order valence-corrected chi connectivity index (χ2v) is 7.13. The highest BCUT2D eigenvalue weighted by Crippen LogP contribution is 2.37. The molecule has 1 aliphatic rings. The van der Waals surface area contributed by atoms with Crippen molar-refractivity contribution in [3.05, 3.63) is 39.8 Å². The van der Waals surface area contributed by atoms with E-state index in [0.29, 0.717) is 35.0 Å². The number of amides is 1.